The van der Waals surface area contributed by atoms with Gasteiger partial charge >= 0.3 is 5.97 Å². The van der Waals surface area contributed by atoms with Crippen LogP contribution in [0.15, 0.2) is 42.5 Å². The first-order valence-electron chi connectivity index (χ1n) is 10.8. The molecule has 158 valence electrons. The van der Waals surface area contributed by atoms with E-state index < -0.39 is 5.97 Å². The number of fused-ring (bicyclic) bond motifs is 1. The molecule has 30 heavy (non-hydrogen) atoms. The van der Waals surface area contributed by atoms with Gasteiger partial charge in [-0.25, -0.2) is 4.79 Å². The second-order valence-corrected chi connectivity index (χ2v) is 8.34. The number of hydrogen-bond acceptors (Lipinski definition) is 4. The molecule has 1 heterocycles. The van der Waals surface area contributed by atoms with Gasteiger partial charge in [0.25, 0.3) is 0 Å². The molecule has 0 saturated heterocycles. The van der Waals surface area contributed by atoms with Gasteiger partial charge in [0.1, 0.15) is 6.04 Å². The number of carboxylic acid groups (broad SMARTS) is 1. The topological polar surface area (TPSA) is 72.9 Å². The third-order valence-corrected chi connectivity index (χ3v) is 6.36. The molecule has 0 radical (unpaired) electrons. The van der Waals surface area contributed by atoms with E-state index in [4.69, 9.17) is 5.11 Å². The summed E-state index contributed by atoms with van der Waals surface area (Å²) in [5.41, 5.74) is 4.04. The first-order chi connectivity index (χ1) is 14.5. The number of nitrogens with one attached hydrogen (secondary N) is 1. The number of aromatic carboxylic acids is 1. The molecule has 1 aliphatic heterocycles. The lowest BCUT2D eigenvalue weighted by molar-refractivity contribution is -0.119. The average molecular weight is 408 g/mol. The number of nitrogens with zero attached hydrogens (tertiary/aromatic N) is 2. The fourth-order valence-electron chi connectivity index (χ4n) is 4.73. The Hall–Kier alpha value is -3.02. The Morgan fingerprint density at radius 3 is 2.23 bits per heavy atom. The molecule has 2 aromatic carbocycles. The van der Waals surface area contributed by atoms with Crippen LogP contribution in [-0.4, -0.2) is 36.1 Å². The van der Waals surface area contributed by atoms with E-state index in [2.05, 4.69) is 16.3 Å². The number of amides is 1. The van der Waals surface area contributed by atoms with Crippen LogP contribution in [0, 0.1) is 0 Å². The molecule has 1 saturated carbocycles. The number of benzene rings is 2. The largest absolute Gasteiger partial charge is 0.478 e. The van der Waals surface area contributed by atoms with Gasteiger partial charge in [0.2, 0.25) is 5.91 Å². The number of carbonyl (C=O) groups excluding carboxylic acids is 1. The SMILES string of the molecule is CC1C(=O)N(C)c2ccc(Nc3ccc(C(=O)O)cc3)cc2N1C1CCCCCC1. The summed E-state index contributed by atoms with van der Waals surface area (Å²) in [5.74, 6) is -0.798. The lowest BCUT2D eigenvalue weighted by Crippen LogP contribution is -2.54. The van der Waals surface area contributed by atoms with E-state index in [1.807, 2.05) is 26.1 Å². The van der Waals surface area contributed by atoms with Gasteiger partial charge in [0.15, 0.2) is 0 Å². The van der Waals surface area contributed by atoms with E-state index in [0.29, 0.717) is 6.04 Å². The standard InChI is InChI=1S/C24H29N3O3/c1-16-23(28)26(2)21-14-13-19(25-18-11-9-17(10-12-18)24(29)30)15-22(21)27(16)20-7-5-3-4-6-8-20/h9-16,20,25H,3-8H2,1-2H3,(H,29,30). The molecule has 0 spiro atoms. The summed E-state index contributed by atoms with van der Waals surface area (Å²) in [6, 6.07) is 13.0. The van der Waals surface area contributed by atoms with Gasteiger partial charge in [0, 0.05) is 24.5 Å². The van der Waals surface area contributed by atoms with Crippen molar-refractivity contribution in [2.75, 3.05) is 22.2 Å². The molecule has 1 unspecified atom stereocenters. The van der Waals surface area contributed by atoms with Crippen molar-refractivity contribution >= 4 is 34.6 Å². The van der Waals surface area contributed by atoms with Crippen molar-refractivity contribution in [2.45, 2.75) is 57.5 Å². The zero-order chi connectivity index (χ0) is 21.3. The Morgan fingerprint density at radius 1 is 0.967 bits per heavy atom. The van der Waals surface area contributed by atoms with Gasteiger partial charge in [0.05, 0.1) is 16.9 Å². The molecular formula is C24H29N3O3. The molecule has 0 bridgehead atoms. The van der Waals surface area contributed by atoms with Crippen molar-refractivity contribution in [3.05, 3.63) is 48.0 Å². The molecule has 6 nitrogen and oxygen atoms in total. The summed E-state index contributed by atoms with van der Waals surface area (Å²) in [6.45, 7) is 2.01. The summed E-state index contributed by atoms with van der Waals surface area (Å²) in [7, 11) is 1.85. The van der Waals surface area contributed by atoms with Crippen LogP contribution in [0.1, 0.15) is 55.8 Å². The van der Waals surface area contributed by atoms with E-state index in [9.17, 15) is 9.59 Å². The van der Waals surface area contributed by atoms with Crippen molar-refractivity contribution < 1.29 is 14.7 Å². The second kappa shape index (κ2) is 8.38. The summed E-state index contributed by atoms with van der Waals surface area (Å²) in [6.07, 6.45) is 7.20. The van der Waals surface area contributed by atoms with Crippen molar-refractivity contribution in [3.8, 4) is 0 Å². The zero-order valence-corrected chi connectivity index (χ0v) is 17.6. The van der Waals surface area contributed by atoms with Crippen molar-refractivity contribution in [1.82, 2.24) is 0 Å². The molecule has 1 aliphatic carbocycles. The predicted octanol–water partition coefficient (Wildman–Crippen LogP) is 5.02. The van der Waals surface area contributed by atoms with Crippen LogP contribution in [0.2, 0.25) is 0 Å². The number of hydrogen-bond donors (Lipinski definition) is 2. The molecule has 0 aromatic heterocycles. The van der Waals surface area contributed by atoms with Gasteiger partial charge in [-0.3, -0.25) is 4.79 Å². The quantitative estimate of drug-likeness (QED) is 0.696. The predicted molar refractivity (Wildman–Crippen MR) is 120 cm³/mol. The fourth-order valence-corrected chi connectivity index (χ4v) is 4.73. The lowest BCUT2D eigenvalue weighted by atomic mass is 9.99. The van der Waals surface area contributed by atoms with Crippen molar-refractivity contribution in [2.24, 2.45) is 0 Å². The highest BCUT2D eigenvalue weighted by Gasteiger charge is 2.37. The van der Waals surface area contributed by atoms with Crippen LogP contribution >= 0.6 is 0 Å². The van der Waals surface area contributed by atoms with E-state index in [1.165, 1.54) is 25.7 Å². The van der Waals surface area contributed by atoms with Crippen LogP contribution < -0.4 is 15.1 Å². The summed E-state index contributed by atoms with van der Waals surface area (Å²) in [4.78, 5) is 28.1. The number of likely N-dealkylation sites (N-methyl/N-ethyl adjacent to an activating group) is 1. The minimum atomic E-state index is -0.934. The first kappa shape index (κ1) is 20.3. The van der Waals surface area contributed by atoms with E-state index in [1.54, 1.807) is 29.2 Å². The average Bonchev–Trinajstić information content (AvgIpc) is 3.02. The van der Waals surface area contributed by atoms with Crippen LogP contribution in [0.5, 0.6) is 0 Å². The van der Waals surface area contributed by atoms with E-state index in [0.717, 1.165) is 35.6 Å². The van der Waals surface area contributed by atoms with Gasteiger partial charge in [-0.05, 0) is 62.2 Å². The highest BCUT2D eigenvalue weighted by atomic mass is 16.4. The van der Waals surface area contributed by atoms with E-state index in [-0.39, 0.29) is 17.5 Å². The maximum absolute atomic E-state index is 12.9. The second-order valence-electron chi connectivity index (χ2n) is 8.34. The Morgan fingerprint density at radius 2 is 1.60 bits per heavy atom. The monoisotopic (exact) mass is 407 g/mol. The van der Waals surface area contributed by atoms with Gasteiger partial charge < -0.3 is 20.2 Å². The molecule has 1 fully saturated rings. The number of carboxylic acids is 1. The van der Waals surface area contributed by atoms with Crippen LogP contribution in [0.4, 0.5) is 22.7 Å². The Kier molecular flexibility index (Phi) is 5.66. The Labute approximate surface area is 177 Å². The molecule has 2 aliphatic rings. The number of anilines is 4. The number of rotatable bonds is 4. The van der Waals surface area contributed by atoms with Crippen molar-refractivity contribution in [1.29, 1.82) is 0 Å². The molecule has 6 heteroatoms. The normalized spacial score (nSPS) is 19.9. The van der Waals surface area contributed by atoms with Gasteiger partial charge in [-0.1, -0.05) is 25.7 Å². The summed E-state index contributed by atoms with van der Waals surface area (Å²) >= 11 is 0. The Balaban J connectivity index is 1.66. The van der Waals surface area contributed by atoms with Crippen LogP contribution in [-0.2, 0) is 4.79 Å². The third kappa shape index (κ3) is 3.86. The highest BCUT2D eigenvalue weighted by molar-refractivity contribution is 6.05. The van der Waals surface area contributed by atoms with E-state index >= 15 is 0 Å². The van der Waals surface area contributed by atoms with Crippen molar-refractivity contribution in [3.63, 3.8) is 0 Å². The minimum Gasteiger partial charge on any atom is -0.478 e. The lowest BCUT2D eigenvalue weighted by Gasteiger charge is -2.44. The number of carbonyl (C=O) groups is 2. The molecule has 1 atom stereocenters. The maximum atomic E-state index is 12.9. The van der Waals surface area contributed by atoms with Crippen LogP contribution in [0.25, 0.3) is 0 Å². The highest BCUT2D eigenvalue weighted by Crippen LogP contribution is 2.41. The van der Waals surface area contributed by atoms with Gasteiger partial charge in [-0.15, -0.1) is 0 Å². The molecule has 2 aromatic rings. The summed E-state index contributed by atoms with van der Waals surface area (Å²) < 4.78 is 0. The summed E-state index contributed by atoms with van der Waals surface area (Å²) in [5, 5.41) is 12.5. The maximum Gasteiger partial charge on any atom is 0.335 e. The first-order valence-corrected chi connectivity index (χ1v) is 10.8. The fraction of sp³-hybridized carbons (Fsp3) is 0.417. The zero-order valence-electron chi connectivity index (χ0n) is 17.6. The molecule has 4 rings (SSSR count). The smallest absolute Gasteiger partial charge is 0.335 e. The molecule has 2 N–H and O–H groups in total. The van der Waals surface area contributed by atoms with Gasteiger partial charge in [-0.2, -0.15) is 0 Å². The molecule has 1 amide bonds. The van der Waals surface area contributed by atoms with Crippen LogP contribution in [0.3, 0.4) is 0 Å². The third-order valence-electron chi connectivity index (χ3n) is 6.36. The Bertz CT molecular complexity index is 933. The molecular weight excluding hydrogens is 378 g/mol. The minimum absolute atomic E-state index is 0.136.